The van der Waals surface area contributed by atoms with Gasteiger partial charge in [0.05, 0.1) is 6.04 Å². The first kappa shape index (κ1) is 19.1. The first-order valence-corrected chi connectivity index (χ1v) is 9.83. The highest BCUT2D eigenvalue weighted by atomic mass is 16.2. The van der Waals surface area contributed by atoms with Crippen LogP contribution < -0.4 is 0 Å². The summed E-state index contributed by atoms with van der Waals surface area (Å²) in [5, 5.41) is 6.62. The first-order valence-electron chi connectivity index (χ1n) is 9.83. The quantitative estimate of drug-likeness (QED) is 0.682. The second kappa shape index (κ2) is 8.41. The summed E-state index contributed by atoms with van der Waals surface area (Å²) in [6.07, 6.45) is 0. The minimum atomic E-state index is -0.154. The van der Waals surface area contributed by atoms with Gasteiger partial charge in [-0.3, -0.25) is 19.6 Å². The molecule has 0 saturated carbocycles. The average Bonchev–Trinajstić information content (AvgIpc) is 3.26. The van der Waals surface area contributed by atoms with Crippen molar-refractivity contribution in [1.29, 1.82) is 0 Å². The third-order valence-corrected chi connectivity index (χ3v) is 5.37. The van der Waals surface area contributed by atoms with Crippen LogP contribution in [0.25, 0.3) is 0 Å². The SMILES string of the molecule is CC(=O)c1cc(C(=O)N2CCN(C(c3ccccc3)c3ccccc3)CC2)[nH]n1. The van der Waals surface area contributed by atoms with Crippen LogP contribution in [0.2, 0.25) is 0 Å². The van der Waals surface area contributed by atoms with E-state index >= 15 is 0 Å². The molecule has 1 amide bonds. The number of nitrogens with one attached hydrogen (secondary N) is 1. The summed E-state index contributed by atoms with van der Waals surface area (Å²) in [7, 11) is 0. The number of amides is 1. The number of hydrogen-bond donors (Lipinski definition) is 1. The lowest BCUT2D eigenvalue weighted by molar-refractivity contribution is 0.0591. The summed E-state index contributed by atoms with van der Waals surface area (Å²) in [6.45, 7) is 4.24. The summed E-state index contributed by atoms with van der Waals surface area (Å²) in [6, 6.07) is 22.6. The zero-order valence-corrected chi connectivity index (χ0v) is 16.4. The number of rotatable bonds is 5. The second-order valence-corrected chi connectivity index (χ2v) is 7.28. The Hall–Kier alpha value is -3.25. The molecule has 0 aliphatic carbocycles. The smallest absolute Gasteiger partial charge is 0.271 e. The number of benzene rings is 2. The molecule has 2 aromatic carbocycles. The van der Waals surface area contributed by atoms with Gasteiger partial charge in [0.25, 0.3) is 5.91 Å². The molecule has 0 atom stereocenters. The predicted molar refractivity (Wildman–Crippen MR) is 111 cm³/mol. The van der Waals surface area contributed by atoms with E-state index in [-0.39, 0.29) is 17.7 Å². The van der Waals surface area contributed by atoms with E-state index in [9.17, 15) is 9.59 Å². The minimum absolute atomic E-state index is 0.111. The van der Waals surface area contributed by atoms with Gasteiger partial charge < -0.3 is 4.90 Å². The zero-order valence-electron chi connectivity index (χ0n) is 16.4. The average molecular weight is 388 g/mol. The normalized spacial score (nSPS) is 14.9. The minimum Gasteiger partial charge on any atom is -0.335 e. The highest BCUT2D eigenvalue weighted by molar-refractivity contribution is 5.97. The molecule has 1 aliphatic rings. The molecule has 29 heavy (non-hydrogen) atoms. The van der Waals surface area contributed by atoms with Crippen molar-refractivity contribution in [2.24, 2.45) is 0 Å². The number of Topliss-reactive ketones (excluding diaryl/α,β-unsaturated/α-hetero) is 1. The van der Waals surface area contributed by atoms with Crippen LogP contribution in [0.15, 0.2) is 66.7 Å². The van der Waals surface area contributed by atoms with E-state index in [0.717, 1.165) is 13.1 Å². The van der Waals surface area contributed by atoms with Gasteiger partial charge in [0.2, 0.25) is 0 Å². The molecule has 1 saturated heterocycles. The van der Waals surface area contributed by atoms with Gasteiger partial charge in [-0.1, -0.05) is 60.7 Å². The Morgan fingerprint density at radius 2 is 1.45 bits per heavy atom. The van der Waals surface area contributed by atoms with Crippen molar-refractivity contribution >= 4 is 11.7 Å². The first-order chi connectivity index (χ1) is 14.1. The predicted octanol–water partition coefficient (Wildman–Crippen LogP) is 3.16. The maximum atomic E-state index is 12.8. The number of hydrogen-bond acceptors (Lipinski definition) is 4. The number of carbonyl (C=O) groups is 2. The molecule has 3 aromatic rings. The summed E-state index contributed by atoms with van der Waals surface area (Å²) in [4.78, 5) is 28.4. The maximum Gasteiger partial charge on any atom is 0.271 e. The van der Waals surface area contributed by atoms with Gasteiger partial charge in [-0.05, 0) is 17.2 Å². The molecule has 1 N–H and O–H groups in total. The van der Waals surface area contributed by atoms with E-state index < -0.39 is 0 Å². The van der Waals surface area contributed by atoms with Crippen LogP contribution in [0.4, 0.5) is 0 Å². The molecule has 1 aliphatic heterocycles. The van der Waals surface area contributed by atoms with Crippen LogP contribution in [0.5, 0.6) is 0 Å². The molecule has 148 valence electrons. The number of piperazine rings is 1. The van der Waals surface area contributed by atoms with Gasteiger partial charge in [0.15, 0.2) is 5.78 Å². The maximum absolute atomic E-state index is 12.8. The molecule has 0 radical (unpaired) electrons. The third kappa shape index (κ3) is 4.12. The van der Waals surface area contributed by atoms with Crippen LogP contribution in [0.3, 0.4) is 0 Å². The molecule has 1 aromatic heterocycles. The van der Waals surface area contributed by atoms with Gasteiger partial charge >= 0.3 is 0 Å². The summed E-state index contributed by atoms with van der Waals surface area (Å²) in [5.41, 5.74) is 3.16. The molecular formula is C23H24N4O2. The van der Waals surface area contributed by atoms with Crippen LogP contribution in [0, 0.1) is 0 Å². The number of H-pyrrole nitrogens is 1. The van der Waals surface area contributed by atoms with Crippen LogP contribution in [-0.2, 0) is 0 Å². The van der Waals surface area contributed by atoms with E-state index in [2.05, 4.69) is 63.6 Å². The number of aromatic nitrogens is 2. The third-order valence-electron chi connectivity index (χ3n) is 5.37. The molecule has 6 nitrogen and oxygen atoms in total. The monoisotopic (exact) mass is 388 g/mol. The summed E-state index contributed by atoms with van der Waals surface area (Å²) >= 11 is 0. The molecular weight excluding hydrogens is 364 g/mol. The Balaban J connectivity index is 1.49. The fraction of sp³-hybridized carbons (Fsp3) is 0.261. The number of carbonyl (C=O) groups excluding carboxylic acids is 2. The van der Waals surface area contributed by atoms with E-state index in [1.165, 1.54) is 24.1 Å². The van der Waals surface area contributed by atoms with Crippen LogP contribution in [-0.4, -0.2) is 57.9 Å². The van der Waals surface area contributed by atoms with Crippen LogP contribution >= 0.6 is 0 Å². The summed E-state index contributed by atoms with van der Waals surface area (Å²) < 4.78 is 0. The van der Waals surface area contributed by atoms with Crippen molar-refractivity contribution in [2.75, 3.05) is 26.2 Å². The van der Waals surface area contributed by atoms with Crippen molar-refractivity contribution in [2.45, 2.75) is 13.0 Å². The Bertz CT molecular complexity index is 937. The fourth-order valence-corrected chi connectivity index (χ4v) is 3.85. The van der Waals surface area contributed by atoms with Crippen LogP contribution in [0.1, 0.15) is 45.1 Å². The standard InChI is InChI=1S/C23H24N4O2/c1-17(28)20-16-21(25-24-20)23(29)27-14-12-26(13-15-27)22(18-8-4-2-5-9-18)19-10-6-3-7-11-19/h2-11,16,22H,12-15H2,1H3,(H,24,25). The number of aromatic amines is 1. The second-order valence-electron chi connectivity index (χ2n) is 7.28. The van der Waals surface area contributed by atoms with Gasteiger partial charge in [-0.15, -0.1) is 0 Å². The molecule has 0 bridgehead atoms. The van der Waals surface area contributed by atoms with E-state index in [0.29, 0.717) is 24.5 Å². The zero-order chi connectivity index (χ0) is 20.2. The Morgan fingerprint density at radius 1 is 0.897 bits per heavy atom. The highest BCUT2D eigenvalue weighted by Crippen LogP contribution is 2.29. The number of ketones is 1. The van der Waals surface area contributed by atoms with Gasteiger partial charge in [0, 0.05) is 33.1 Å². The van der Waals surface area contributed by atoms with Gasteiger partial charge in [0.1, 0.15) is 11.4 Å². The van der Waals surface area contributed by atoms with E-state index in [4.69, 9.17) is 0 Å². The van der Waals surface area contributed by atoms with E-state index in [1.54, 1.807) is 0 Å². The molecule has 2 heterocycles. The highest BCUT2D eigenvalue weighted by Gasteiger charge is 2.29. The molecule has 6 heteroatoms. The molecule has 0 unspecified atom stereocenters. The Kier molecular flexibility index (Phi) is 5.53. The van der Waals surface area contributed by atoms with Crippen molar-refractivity contribution in [3.8, 4) is 0 Å². The Morgan fingerprint density at radius 3 is 1.93 bits per heavy atom. The Labute approximate surface area is 170 Å². The van der Waals surface area contributed by atoms with Crippen molar-refractivity contribution < 1.29 is 9.59 Å². The largest absolute Gasteiger partial charge is 0.335 e. The van der Waals surface area contributed by atoms with Gasteiger partial charge in [-0.25, -0.2) is 0 Å². The lowest BCUT2D eigenvalue weighted by atomic mass is 9.96. The molecule has 4 rings (SSSR count). The van der Waals surface area contributed by atoms with E-state index in [1.807, 2.05) is 17.0 Å². The van der Waals surface area contributed by atoms with Gasteiger partial charge in [-0.2, -0.15) is 5.10 Å². The van der Waals surface area contributed by atoms with Crippen molar-refractivity contribution in [3.05, 3.63) is 89.2 Å². The lowest BCUT2D eigenvalue weighted by Gasteiger charge is -2.39. The number of nitrogens with zero attached hydrogens (tertiary/aromatic N) is 3. The fourth-order valence-electron chi connectivity index (χ4n) is 3.85. The van der Waals surface area contributed by atoms with Crippen molar-refractivity contribution in [1.82, 2.24) is 20.0 Å². The molecule has 0 spiro atoms. The van der Waals surface area contributed by atoms with Crippen molar-refractivity contribution in [3.63, 3.8) is 0 Å². The lowest BCUT2D eigenvalue weighted by Crippen LogP contribution is -2.50. The molecule has 1 fully saturated rings. The summed E-state index contributed by atoms with van der Waals surface area (Å²) in [5.74, 6) is -0.265. The topological polar surface area (TPSA) is 69.3 Å².